The van der Waals surface area contributed by atoms with Crippen molar-refractivity contribution in [3.63, 3.8) is 0 Å². The zero-order chi connectivity index (χ0) is 21.8. The van der Waals surface area contributed by atoms with Crippen LogP contribution < -0.4 is 15.9 Å². The smallest absolute Gasteiger partial charge is 0.345 e. The number of unbranched alkanes of at least 4 members (excludes halogenated alkanes) is 6. The molecule has 0 unspecified atom stereocenters. The molecule has 2 rings (SSSR count). The maximum atomic E-state index is 12.0. The van der Waals surface area contributed by atoms with Gasteiger partial charge in [0.05, 0.1) is 17.8 Å². The summed E-state index contributed by atoms with van der Waals surface area (Å²) in [5.41, 5.74) is 2.92. The number of carbonyl (C=O) groups excluding carboxylic acids is 1. The van der Waals surface area contributed by atoms with Crippen LogP contribution in [0.4, 0.5) is 0 Å². The van der Waals surface area contributed by atoms with E-state index in [1.807, 2.05) is 6.07 Å². The Balaban J connectivity index is 1.78. The number of carbonyl (C=O) groups is 1. The van der Waals surface area contributed by atoms with Crippen LogP contribution in [0, 0.1) is 6.92 Å². The van der Waals surface area contributed by atoms with Gasteiger partial charge in [-0.3, -0.25) is 4.79 Å². The van der Waals surface area contributed by atoms with Gasteiger partial charge in [0, 0.05) is 11.3 Å². The molecule has 0 aliphatic rings. The number of aryl methyl sites for hydroxylation is 1. The fourth-order valence-corrected chi connectivity index (χ4v) is 3.08. The van der Waals surface area contributed by atoms with Gasteiger partial charge in [-0.05, 0) is 37.6 Å². The molecule has 7 nitrogen and oxygen atoms in total. The number of rotatable bonds is 12. The molecule has 1 aromatic carbocycles. The zero-order valence-electron chi connectivity index (χ0n) is 17.5. The van der Waals surface area contributed by atoms with Crippen LogP contribution in [0.3, 0.4) is 0 Å². The lowest BCUT2D eigenvalue weighted by molar-refractivity contribution is 0.0949. The highest BCUT2D eigenvalue weighted by atomic mass is 35.5. The van der Waals surface area contributed by atoms with E-state index in [1.54, 1.807) is 19.1 Å². The topological polar surface area (TPSA) is 96.4 Å². The molecule has 0 radical (unpaired) electrons. The Morgan fingerprint density at radius 3 is 2.63 bits per heavy atom. The summed E-state index contributed by atoms with van der Waals surface area (Å²) >= 11 is 6.27. The van der Waals surface area contributed by atoms with E-state index < -0.39 is 11.6 Å². The van der Waals surface area contributed by atoms with Crippen molar-refractivity contribution in [2.45, 2.75) is 58.8 Å². The molecule has 0 spiro atoms. The first-order valence-corrected chi connectivity index (χ1v) is 10.7. The van der Waals surface area contributed by atoms with Gasteiger partial charge in [0.25, 0.3) is 5.91 Å². The summed E-state index contributed by atoms with van der Waals surface area (Å²) in [6, 6.07) is 6.79. The Hall–Kier alpha value is -2.67. The lowest BCUT2D eigenvalue weighted by Gasteiger charge is -2.08. The number of H-pyrrole nitrogens is 1. The molecule has 0 bridgehead atoms. The van der Waals surface area contributed by atoms with Crippen LogP contribution in [0.25, 0.3) is 0 Å². The van der Waals surface area contributed by atoms with Gasteiger partial charge in [0.15, 0.2) is 0 Å². The summed E-state index contributed by atoms with van der Waals surface area (Å²) in [6.45, 7) is 4.55. The molecule has 0 saturated heterocycles. The van der Waals surface area contributed by atoms with Crippen molar-refractivity contribution < 1.29 is 9.53 Å². The number of hydrogen-bond donors (Lipinski definition) is 2. The highest BCUT2D eigenvalue weighted by molar-refractivity contribution is 6.33. The fraction of sp³-hybridized carbons (Fsp3) is 0.455. The molecule has 2 N–H and O–H groups in total. The summed E-state index contributed by atoms with van der Waals surface area (Å²) in [4.78, 5) is 29.5. The second-order valence-corrected chi connectivity index (χ2v) is 7.51. The molecule has 0 aliphatic carbocycles. The molecular weight excluding hydrogens is 404 g/mol. The Morgan fingerprint density at radius 1 is 1.20 bits per heavy atom. The number of ether oxygens (including phenoxy) is 1. The van der Waals surface area contributed by atoms with Gasteiger partial charge in [-0.1, -0.05) is 57.0 Å². The van der Waals surface area contributed by atoms with E-state index in [0.717, 1.165) is 6.42 Å². The van der Waals surface area contributed by atoms with E-state index in [1.165, 1.54) is 50.8 Å². The number of nitrogens with zero attached hydrogens (tertiary/aromatic N) is 2. The van der Waals surface area contributed by atoms with Gasteiger partial charge in [-0.25, -0.2) is 10.2 Å². The van der Waals surface area contributed by atoms with Crippen molar-refractivity contribution in [3.8, 4) is 5.75 Å². The molecule has 162 valence electrons. The largest absolute Gasteiger partial charge is 0.494 e. The molecule has 0 atom stereocenters. The van der Waals surface area contributed by atoms with Crippen molar-refractivity contribution >= 4 is 23.7 Å². The first-order valence-electron chi connectivity index (χ1n) is 10.3. The van der Waals surface area contributed by atoms with Crippen LogP contribution in [0.2, 0.25) is 5.02 Å². The lowest BCUT2D eigenvalue weighted by Crippen LogP contribution is -2.24. The summed E-state index contributed by atoms with van der Waals surface area (Å²) in [7, 11) is 0. The van der Waals surface area contributed by atoms with Crippen LogP contribution in [-0.2, 0) is 0 Å². The second kappa shape index (κ2) is 12.8. The van der Waals surface area contributed by atoms with Gasteiger partial charge in [0.1, 0.15) is 11.4 Å². The Labute approximate surface area is 181 Å². The van der Waals surface area contributed by atoms with Crippen molar-refractivity contribution in [3.05, 3.63) is 56.7 Å². The van der Waals surface area contributed by atoms with E-state index >= 15 is 0 Å². The third kappa shape index (κ3) is 8.37. The third-order valence-electron chi connectivity index (χ3n) is 4.47. The van der Waals surface area contributed by atoms with Crippen LogP contribution in [0.1, 0.15) is 73.6 Å². The monoisotopic (exact) mass is 432 g/mol. The summed E-state index contributed by atoms with van der Waals surface area (Å²) in [5, 5.41) is 4.35. The maximum Gasteiger partial charge on any atom is 0.345 e. The molecule has 2 aromatic rings. The van der Waals surface area contributed by atoms with E-state index in [2.05, 4.69) is 27.4 Å². The molecule has 0 saturated carbocycles. The molecule has 1 aromatic heterocycles. The lowest BCUT2D eigenvalue weighted by atomic mass is 10.1. The van der Waals surface area contributed by atoms with Crippen molar-refractivity contribution in [2.24, 2.45) is 5.10 Å². The van der Waals surface area contributed by atoms with Crippen LogP contribution in [0.5, 0.6) is 5.75 Å². The first-order chi connectivity index (χ1) is 14.5. The van der Waals surface area contributed by atoms with E-state index in [4.69, 9.17) is 16.3 Å². The number of benzene rings is 1. The Bertz CT molecular complexity index is 911. The highest BCUT2D eigenvalue weighted by Gasteiger charge is 2.08. The number of halogens is 1. The minimum Gasteiger partial charge on any atom is -0.494 e. The number of amides is 1. The zero-order valence-corrected chi connectivity index (χ0v) is 18.3. The minimum absolute atomic E-state index is 0.00592. The number of nitrogens with one attached hydrogen (secondary N) is 2. The molecule has 1 amide bonds. The van der Waals surface area contributed by atoms with E-state index in [9.17, 15) is 9.59 Å². The standard InChI is InChI=1S/C22H29ClN4O3/c1-3-4-5-6-7-8-9-12-30-18-11-10-17(19(23)14-18)15-24-27-21(28)20-13-16(2)25-22(29)26-20/h10-11,13-15H,3-9,12H2,1-2H3,(H,27,28)(H,25,26,29)/b24-15+. The molecule has 8 heteroatoms. The predicted octanol–water partition coefficient (Wildman–Crippen LogP) is 4.63. The predicted molar refractivity (Wildman–Crippen MR) is 120 cm³/mol. The molecule has 0 aliphatic heterocycles. The number of hydrogen-bond acceptors (Lipinski definition) is 5. The molecule has 1 heterocycles. The molecule has 30 heavy (non-hydrogen) atoms. The SMILES string of the molecule is CCCCCCCCCOc1ccc(/C=N/NC(=O)c2cc(C)[nH]c(=O)n2)c(Cl)c1. The molecular formula is C22H29ClN4O3. The Kier molecular flexibility index (Phi) is 10.1. The highest BCUT2D eigenvalue weighted by Crippen LogP contribution is 2.21. The average molecular weight is 433 g/mol. The first kappa shape index (κ1) is 23.6. The van der Waals surface area contributed by atoms with Crippen molar-refractivity contribution in [2.75, 3.05) is 6.61 Å². The van der Waals surface area contributed by atoms with Crippen LogP contribution >= 0.6 is 11.6 Å². The van der Waals surface area contributed by atoms with Gasteiger partial charge in [-0.2, -0.15) is 10.1 Å². The normalized spacial score (nSPS) is 11.0. The third-order valence-corrected chi connectivity index (χ3v) is 4.80. The molecule has 0 fully saturated rings. The van der Waals surface area contributed by atoms with E-state index in [0.29, 0.717) is 28.6 Å². The minimum atomic E-state index is -0.584. The van der Waals surface area contributed by atoms with Crippen molar-refractivity contribution in [1.29, 1.82) is 0 Å². The maximum absolute atomic E-state index is 12.0. The Morgan fingerprint density at radius 2 is 1.93 bits per heavy atom. The van der Waals surface area contributed by atoms with Crippen LogP contribution in [-0.4, -0.2) is 28.7 Å². The van der Waals surface area contributed by atoms with E-state index in [-0.39, 0.29) is 5.69 Å². The van der Waals surface area contributed by atoms with Crippen LogP contribution in [0.15, 0.2) is 34.2 Å². The number of aromatic amines is 1. The summed E-state index contributed by atoms with van der Waals surface area (Å²) in [5.74, 6) is 0.126. The number of hydrazone groups is 1. The average Bonchev–Trinajstić information content (AvgIpc) is 2.70. The van der Waals surface area contributed by atoms with Gasteiger partial charge in [-0.15, -0.1) is 0 Å². The second-order valence-electron chi connectivity index (χ2n) is 7.11. The van der Waals surface area contributed by atoms with Gasteiger partial charge in [0.2, 0.25) is 0 Å². The summed E-state index contributed by atoms with van der Waals surface area (Å²) in [6.07, 6.45) is 10.1. The quantitative estimate of drug-likeness (QED) is 0.290. The van der Waals surface area contributed by atoms with Crippen molar-refractivity contribution in [1.82, 2.24) is 15.4 Å². The number of aromatic nitrogens is 2. The van der Waals surface area contributed by atoms with Gasteiger partial charge >= 0.3 is 5.69 Å². The summed E-state index contributed by atoms with van der Waals surface area (Å²) < 4.78 is 5.75. The fourth-order valence-electron chi connectivity index (χ4n) is 2.87. The van der Waals surface area contributed by atoms with Gasteiger partial charge < -0.3 is 9.72 Å².